The highest BCUT2D eigenvalue weighted by Crippen LogP contribution is 2.39. The number of ether oxygens (including phenoxy) is 1. The van der Waals surface area contributed by atoms with Crippen LogP contribution in [-0.2, 0) is 4.79 Å². The Morgan fingerprint density at radius 2 is 2.24 bits per heavy atom. The Morgan fingerprint density at radius 3 is 2.82 bits per heavy atom. The third-order valence-corrected chi connectivity index (χ3v) is 3.58. The van der Waals surface area contributed by atoms with Gasteiger partial charge in [-0.3, -0.25) is 0 Å². The standard InChI is InChI=1S/C12H11BrN2O2/c13-10-9(4-3-7-15-10)17-11(16)12(8-14)5-1-2-6-12/h3-4,7H,1-2,5-6H2. The number of hydrogen-bond acceptors (Lipinski definition) is 4. The monoisotopic (exact) mass is 294 g/mol. The van der Waals surface area contributed by atoms with Gasteiger partial charge >= 0.3 is 5.97 Å². The van der Waals surface area contributed by atoms with Crippen molar-refractivity contribution in [3.05, 3.63) is 22.9 Å². The van der Waals surface area contributed by atoms with E-state index in [2.05, 4.69) is 27.0 Å². The molecule has 1 heterocycles. The van der Waals surface area contributed by atoms with Gasteiger partial charge in [-0.15, -0.1) is 0 Å². The van der Waals surface area contributed by atoms with Crippen molar-refractivity contribution in [1.29, 1.82) is 5.26 Å². The molecule has 0 amide bonds. The van der Waals surface area contributed by atoms with Crippen LogP contribution >= 0.6 is 15.9 Å². The Hall–Kier alpha value is -1.41. The quantitative estimate of drug-likeness (QED) is 0.621. The lowest BCUT2D eigenvalue weighted by Gasteiger charge is -2.17. The Bertz CT molecular complexity index is 476. The van der Waals surface area contributed by atoms with Crippen LogP contribution in [0.25, 0.3) is 0 Å². The number of pyridine rings is 1. The fourth-order valence-electron chi connectivity index (χ4n) is 1.99. The zero-order chi connectivity index (χ0) is 12.3. The van der Waals surface area contributed by atoms with E-state index in [1.54, 1.807) is 18.3 Å². The summed E-state index contributed by atoms with van der Waals surface area (Å²) in [5, 5.41) is 9.16. The predicted molar refractivity (Wildman–Crippen MR) is 64.1 cm³/mol. The second-order valence-electron chi connectivity index (χ2n) is 4.08. The summed E-state index contributed by atoms with van der Waals surface area (Å²) < 4.78 is 5.72. The molecule has 0 bridgehead atoms. The van der Waals surface area contributed by atoms with Crippen molar-refractivity contribution in [2.45, 2.75) is 25.7 Å². The van der Waals surface area contributed by atoms with Gasteiger partial charge in [0.1, 0.15) is 4.60 Å². The number of halogens is 1. The maximum atomic E-state index is 12.0. The molecule has 1 fully saturated rings. The maximum absolute atomic E-state index is 12.0. The van der Waals surface area contributed by atoms with Crippen LogP contribution in [0.1, 0.15) is 25.7 Å². The van der Waals surface area contributed by atoms with Crippen LogP contribution in [-0.4, -0.2) is 11.0 Å². The molecular formula is C12H11BrN2O2. The number of rotatable bonds is 2. The number of hydrogen-bond donors (Lipinski definition) is 0. The largest absolute Gasteiger partial charge is 0.422 e. The summed E-state index contributed by atoms with van der Waals surface area (Å²) in [5.74, 6) is -0.106. The van der Waals surface area contributed by atoms with Gasteiger partial charge in [-0.2, -0.15) is 5.26 Å². The van der Waals surface area contributed by atoms with E-state index in [1.165, 1.54) is 0 Å². The highest BCUT2D eigenvalue weighted by Gasteiger charge is 2.43. The smallest absolute Gasteiger partial charge is 0.331 e. The Kier molecular flexibility index (Phi) is 3.43. The first kappa shape index (κ1) is 12.1. The minimum absolute atomic E-state index is 0.360. The average molecular weight is 295 g/mol. The third kappa shape index (κ3) is 2.32. The second-order valence-corrected chi connectivity index (χ2v) is 4.83. The van der Waals surface area contributed by atoms with Crippen molar-refractivity contribution in [3.8, 4) is 11.8 Å². The summed E-state index contributed by atoms with van der Waals surface area (Å²) in [6, 6.07) is 5.44. The van der Waals surface area contributed by atoms with E-state index >= 15 is 0 Å². The summed E-state index contributed by atoms with van der Waals surface area (Å²) >= 11 is 3.20. The fraction of sp³-hybridized carbons (Fsp3) is 0.417. The molecule has 1 saturated carbocycles. The van der Waals surface area contributed by atoms with Gasteiger partial charge in [-0.1, -0.05) is 12.8 Å². The lowest BCUT2D eigenvalue weighted by atomic mass is 9.88. The Balaban J connectivity index is 2.17. The van der Waals surface area contributed by atoms with Gasteiger partial charge < -0.3 is 4.74 Å². The van der Waals surface area contributed by atoms with E-state index in [0.717, 1.165) is 12.8 Å². The second kappa shape index (κ2) is 4.84. The molecule has 88 valence electrons. The number of nitrogens with zero attached hydrogens (tertiary/aromatic N) is 2. The Morgan fingerprint density at radius 1 is 1.53 bits per heavy atom. The van der Waals surface area contributed by atoms with Crippen molar-refractivity contribution < 1.29 is 9.53 Å². The van der Waals surface area contributed by atoms with Crippen LogP contribution in [0.4, 0.5) is 0 Å². The zero-order valence-corrected chi connectivity index (χ0v) is 10.7. The molecule has 2 rings (SSSR count). The normalized spacial score (nSPS) is 17.4. The molecule has 1 aromatic rings. The van der Waals surface area contributed by atoms with E-state index < -0.39 is 11.4 Å². The number of nitriles is 1. The molecule has 1 aliphatic rings. The lowest BCUT2D eigenvalue weighted by Crippen LogP contribution is -2.30. The molecule has 0 unspecified atom stereocenters. The summed E-state index contributed by atoms with van der Waals surface area (Å²) in [7, 11) is 0. The number of aromatic nitrogens is 1. The summed E-state index contributed by atoms with van der Waals surface area (Å²) in [5.41, 5.74) is -0.963. The van der Waals surface area contributed by atoms with Crippen LogP contribution in [0.3, 0.4) is 0 Å². The van der Waals surface area contributed by atoms with E-state index in [-0.39, 0.29) is 0 Å². The molecule has 0 aromatic carbocycles. The molecule has 0 saturated heterocycles. The van der Waals surface area contributed by atoms with E-state index in [1.807, 2.05) is 0 Å². The molecule has 0 aliphatic heterocycles. The fourth-order valence-corrected chi connectivity index (χ4v) is 2.32. The maximum Gasteiger partial charge on any atom is 0.331 e. The molecule has 1 aliphatic carbocycles. The van der Waals surface area contributed by atoms with Crippen LogP contribution in [0, 0.1) is 16.7 Å². The van der Waals surface area contributed by atoms with Crippen LogP contribution in [0.5, 0.6) is 5.75 Å². The van der Waals surface area contributed by atoms with Crippen molar-refractivity contribution >= 4 is 21.9 Å². The van der Waals surface area contributed by atoms with Gasteiger partial charge in [0.2, 0.25) is 0 Å². The minimum atomic E-state index is -0.963. The molecular weight excluding hydrogens is 284 g/mol. The molecule has 4 nitrogen and oxygen atoms in total. The van der Waals surface area contributed by atoms with Crippen LogP contribution in [0.15, 0.2) is 22.9 Å². The van der Waals surface area contributed by atoms with E-state index in [9.17, 15) is 4.79 Å². The highest BCUT2D eigenvalue weighted by molar-refractivity contribution is 9.10. The van der Waals surface area contributed by atoms with Crippen molar-refractivity contribution in [3.63, 3.8) is 0 Å². The number of esters is 1. The highest BCUT2D eigenvalue weighted by atomic mass is 79.9. The number of carbonyl (C=O) groups is 1. The summed E-state index contributed by atoms with van der Waals surface area (Å²) in [6.07, 6.45) is 4.56. The van der Waals surface area contributed by atoms with Crippen molar-refractivity contribution in [1.82, 2.24) is 4.98 Å². The molecule has 0 atom stereocenters. The van der Waals surface area contributed by atoms with E-state index in [4.69, 9.17) is 10.00 Å². The Labute approximate surface area is 108 Å². The summed E-state index contributed by atoms with van der Waals surface area (Å²) in [4.78, 5) is 16.0. The minimum Gasteiger partial charge on any atom is -0.422 e. The topological polar surface area (TPSA) is 63.0 Å². The molecule has 1 aromatic heterocycles. The zero-order valence-electron chi connectivity index (χ0n) is 9.15. The molecule has 17 heavy (non-hydrogen) atoms. The van der Waals surface area contributed by atoms with Gasteiger partial charge in [0, 0.05) is 6.20 Å². The van der Waals surface area contributed by atoms with Crippen molar-refractivity contribution in [2.75, 3.05) is 0 Å². The van der Waals surface area contributed by atoms with Gasteiger partial charge in [-0.05, 0) is 40.9 Å². The summed E-state index contributed by atoms with van der Waals surface area (Å²) in [6.45, 7) is 0. The van der Waals surface area contributed by atoms with Crippen LogP contribution in [0.2, 0.25) is 0 Å². The first-order valence-corrected chi connectivity index (χ1v) is 6.21. The molecule has 0 N–H and O–H groups in total. The first-order valence-electron chi connectivity index (χ1n) is 5.42. The first-order chi connectivity index (χ1) is 8.18. The van der Waals surface area contributed by atoms with Crippen LogP contribution < -0.4 is 4.74 Å². The molecule has 5 heteroatoms. The predicted octanol–water partition coefficient (Wildman–Crippen LogP) is 2.83. The third-order valence-electron chi connectivity index (χ3n) is 2.99. The average Bonchev–Trinajstić information content (AvgIpc) is 2.82. The van der Waals surface area contributed by atoms with Crippen molar-refractivity contribution in [2.24, 2.45) is 5.41 Å². The van der Waals surface area contributed by atoms with E-state index in [0.29, 0.717) is 23.2 Å². The molecule has 0 spiro atoms. The van der Waals surface area contributed by atoms with Gasteiger partial charge in [0.05, 0.1) is 6.07 Å². The SMILES string of the molecule is N#CC1(C(=O)Oc2cccnc2Br)CCCC1. The van der Waals surface area contributed by atoms with Gasteiger partial charge in [-0.25, -0.2) is 9.78 Å². The van der Waals surface area contributed by atoms with Gasteiger partial charge in [0.25, 0.3) is 0 Å². The lowest BCUT2D eigenvalue weighted by molar-refractivity contribution is -0.142. The van der Waals surface area contributed by atoms with Gasteiger partial charge in [0.15, 0.2) is 11.2 Å². The number of carbonyl (C=O) groups excluding carboxylic acids is 1. The molecule has 0 radical (unpaired) electrons.